The van der Waals surface area contributed by atoms with Gasteiger partial charge in [0.2, 0.25) is 0 Å². The van der Waals surface area contributed by atoms with Gasteiger partial charge in [0.15, 0.2) is 0 Å². The van der Waals surface area contributed by atoms with Crippen LogP contribution in [0.3, 0.4) is 0 Å². The normalized spacial score (nSPS) is 13.9. The minimum atomic E-state index is 0.105. The maximum Gasteiger partial charge on any atom is 0.268 e. The Labute approximate surface area is 188 Å². The van der Waals surface area contributed by atoms with E-state index < -0.39 is 0 Å². The van der Waals surface area contributed by atoms with Crippen LogP contribution in [0.2, 0.25) is 0 Å². The van der Waals surface area contributed by atoms with Crippen molar-refractivity contribution in [1.29, 1.82) is 0 Å². The summed E-state index contributed by atoms with van der Waals surface area (Å²) >= 11 is 1.57. The van der Waals surface area contributed by atoms with Gasteiger partial charge in [-0.2, -0.15) is 0 Å². The molecule has 2 atom stereocenters. The third kappa shape index (κ3) is 4.03. The fourth-order valence-electron chi connectivity index (χ4n) is 4.15. The van der Waals surface area contributed by atoms with Gasteiger partial charge in [-0.1, -0.05) is 63.0 Å². The van der Waals surface area contributed by atoms with Gasteiger partial charge >= 0.3 is 0 Å². The summed E-state index contributed by atoms with van der Waals surface area (Å²) < 4.78 is 2.97. The van der Waals surface area contributed by atoms with Crippen LogP contribution in [0.1, 0.15) is 57.8 Å². The molecule has 0 N–H and O–H groups in total. The predicted octanol–water partition coefficient (Wildman–Crippen LogP) is 6.92. The van der Waals surface area contributed by atoms with Crippen LogP contribution < -0.4 is 5.56 Å². The van der Waals surface area contributed by atoms with Gasteiger partial charge in [-0.15, -0.1) is 0 Å². The highest BCUT2D eigenvalue weighted by molar-refractivity contribution is 7.14. The first kappa shape index (κ1) is 21.7. The number of para-hydroxylation sites is 1. The molecule has 4 nitrogen and oxygen atoms in total. The minimum Gasteiger partial charge on any atom is -0.268 e. The van der Waals surface area contributed by atoms with Gasteiger partial charge in [0.25, 0.3) is 5.56 Å². The van der Waals surface area contributed by atoms with Gasteiger partial charge in [0.05, 0.1) is 32.5 Å². The van der Waals surface area contributed by atoms with E-state index >= 15 is 0 Å². The van der Waals surface area contributed by atoms with Crippen LogP contribution in [0.15, 0.2) is 41.2 Å². The number of nitrogens with zero attached hydrogens (tertiary/aromatic N) is 3. The maximum atomic E-state index is 13.3. The zero-order valence-electron chi connectivity index (χ0n) is 19.3. The average molecular weight is 434 g/mol. The molecule has 4 aromatic rings. The zero-order chi connectivity index (χ0) is 22.3. The van der Waals surface area contributed by atoms with Crippen LogP contribution in [0.4, 0.5) is 0 Å². The topological polar surface area (TPSA) is 47.8 Å². The quantitative estimate of drug-likeness (QED) is 0.331. The molecule has 162 valence electrons. The molecule has 0 radical (unpaired) electrons. The summed E-state index contributed by atoms with van der Waals surface area (Å²) in [6.45, 7) is 13.0. The molecule has 0 fully saturated rings. The van der Waals surface area contributed by atoms with Crippen molar-refractivity contribution in [3.63, 3.8) is 0 Å². The van der Waals surface area contributed by atoms with Crippen LogP contribution in [0, 0.1) is 25.7 Å². The largest absolute Gasteiger partial charge is 0.268 e. The number of benzene rings is 2. The molecule has 0 aliphatic heterocycles. The first-order chi connectivity index (χ1) is 14.8. The number of hydrogen-bond acceptors (Lipinski definition) is 4. The zero-order valence-corrected chi connectivity index (χ0v) is 20.1. The fourth-order valence-corrected chi connectivity index (χ4v) is 5.41. The van der Waals surface area contributed by atoms with Crippen molar-refractivity contribution >= 4 is 32.7 Å². The van der Waals surface area contributed by atoms with Crippen molar-refractivity contribution in [2.24, 2.45) is 11.8 Å². The highest BCUT2D eigenvalue weighted by Gasteiger charge is 2.21. The molecule has 0 spiro atoms. The van der Waals surface area contributed by atoms with Crippen LogP contribution in [0.5, 0.6) is 0 Å². The first-order valence-electron chi connectivity index (χ1n) is 11.2. The number of aryl methyl sites for hydroxylation is 2. The Kier molecular flexibility index (Phi) is 5.98. The second-order valence-corrected chi connectivity index (χ2v) is 10.2. The van der Waals surface area contributed by atoms with Crippen LogP contribution in [-0.2, 0) is 0 Å². The van der Waals surface area contributed by atoms with Crippen LogP contribution in [-0.4, -0.2) is 13.9 Å². The standard InChI is InChI=1S/C26H31N3OS/c1-15(2)13-14-16(3)19(6)29-26(30)21-11-8-10-20(25(21)31-29)24-18(5)27-22-12-7-9-17(4)23(22)28-24/h7-12,15-16,19H,13-14H2,1-6H3. The summed E-state index contributed by atoms with van der Waals surface area (Å²) in [6.07, 6.45) is 2.31. The van der Waals surface area contributed by atoms with Gasteiger partial charge < -0.3 is 0 Å². The molecule has 2 aromatic heterocycles. The summed E-state index contributed by atoms with van der Waals surface area (Å²) in [4.78, 5) is 23.1. The van der Waals surface area contributed by atoms with Crippen LogP contribution in [0.25, 0.3) is 32.4 Å². The van der Waals surface area contributed by atoms with Crippen LogP contribution >= 0.6 is 11.5 Å². The highest BCUT2D eigenvalue weighted by atomic mass is 32.1. The molecule has 0 amide bonds. The molecule has 0 aliphatic rings. The molecule has 0 bridgehead atoms. The molecule has 2 aromatic carbocycles. The van der Waals surface area contributed by atoms with Crippen molar-refractivity contribution in [2.75, 3.05) is 0 Å². The van der Waals surface area contributed by atoms with Crippen molar-refractivity contribution in [3.05, 3.63) is 58.0 Å². The second-order valence-electron chi connectivity index (χ2n) is 9.19. The molecular weight excluding hydrogens is 402 g/mol. The first-order valence-corrected chi connectivity index (χ1v) is 11.9. The Morgan fingerprint density at radius 3 is 2.45 bits per heavy atom. The number of aromatic nitrogens is 3. The Morgan fingerprint density at radius 2 is 1.71 bits per heavy atom. The number of rotatable bonds is 6. The molecule has 0 aliphatic carbocycles. The summed E-state index contributed by atoms with van der Waals surface area (Å²) in [5.41, 5.74) is 5.78. The van der Waals surface area contributed by atoms with E-state index in [0.29, 0.717) is 11.8 Å². The summed E-state index contributed by atoms with van der Waals surface area (Å²) in [6, 6.07) is 12.2. The molecule has 2 unspecified atom stereocenters. The Balaban J connectivity index is 1.84. The van der Waals surface area contributed by atoms with E-state index in [-0.39, 0.29) is 11.6 Å². The second kappa shape index (κ2) is 8.54. The van der Waals surface area contributed by atoms with Crippen molar-refractivity contribution < 1.29 is 0 Å². The van der Waals surface area contributed by atoms with E-state index in [9.17, 15) is 4.79 Å². The van der Waals surface area contributed by atoms with Crippen molar-refractivity contribution in [1.82, 2.24) is 13.9 Å². The van der Waals surface area contributed by atoms with Crippen molar-refractivity contribution in [2.45, 2.75) is 60.4 Å². The summed E-state index contributed by atoms with van der Waals surface area (Å²) in [5, 5.41) is 0.775. The molecule has 2 heterocycles. The monoisotopic (exact) mass is 433 g/mol. The number of hydrogen-bond donors (Lipinski definition) is 0. The molecule has 0 saturated heterocycles. The van der Waals surface area contributed by atoms with Gasteiger partial charge in [-0.05, 0) is 56.7 Å². The Morgan fingerprint density at radius 1 is 0.968 bits per heavy atom. The third-order valence-electron chi connectivity index (χ3n) is 6.35. The van der Waals surface area contributed by atoms with Gasteiger partial charge in [-0.25, -0.2) is 9.97 Å². The fraction of sp³-hybridized carbons (Fsp3) is 0.423. The van der Waals surface area contributed by atoms with Gasteiger partial charge in [-0.3, -0.25) is 8.75 Å². The SMILES string of the molecule is Cc1nc2cccc(C)c2nc1-c1cccc2c(=O)n(C(C)C(C)CCC(C)C)sc12. The average Bonchev–Trinajstić information content (AvgIpc) is 3.08. The van der Waals surface area contributed by atoms with E-state index in [0.717, 1.165) is 50.1 Å². The van der Waals surface area contributed by atoms with E-state index in [4.69, 9.17) is 9.97 Å². The van der Waals surface area contributed by atoms with Crippen molar-refractivity contribution in [3.8, 4) is 11.3 Å². The lowest BCUT2D eigenvalue weighted by Crippen LogP contribution is -2.22. The van der Waals surface area contributed by atoms with E-state index in [1.807, 2.05) is 35.1 Å². The summed E-state index contributed by atoms with van der Waals surface area (Å²) in [7, 11) is 0. The molecule has 5 heteroatoms. The predicted molar refractivity (Wildman–Crippen MR) is 132 cm³/mol. The third-order valence-corrected chi connectivity index (χ3v) is 7.67. The van der Waals surface area contributed by atoms with Gasteiger partial charge in [0, 0.05) is 11.6 Å². The van der Waals surface area contributed by atoms with Gasteiger partial charge in [0.1, 0.15) is 0 Å². The lowest BCUT2D eigenvalue weighted by Gasteiger charge is -2.20. The minimum absolute atomic E-state index is 0.105. The molecule has 31 heavy (non-hydrogen) atoms. The Bertz CT molecular complexity index is 1300. The lowest BCUT2D eigenvalue weighted by molar-refractivity contribution is 0.344. The van der Waals surface area contributed by atoms with E-state index in [1.54, 1.807) is 11.5 Å². The van der Waals surface area contributed by atoms with E-state index in [1.165, 1.54) is 6.42 Å². The lowest BCUT2D eigenvalue weighted by atomic mass is 9.94. The maximum absolute atomic E-state index is 13.3. The van der Waals surface area contributed by atoms with E-state index in [2.05, 4.69) is 46.8 Å². The smallest absolute Gasteiger partial charge is 0.268 e. The molecular formula is C26H31N3OS. The molecule has 0 saturated carbocycles. The summed E-state index contributed by atoms with van der Waals surface area (Å²) in [5.74, 6) is 1.12. The Hall–Kier alpha value is -2.53. The highest BCUT2D eigenvalue weighted by Crippen LogP contribution is 2.34. The number of fused-ring (bicyclic) bond motifs is 2. The molecule has 4 rings (SSSR count).